The summed E-state index contributed by atoms with van der Waals surface area (Å²) in [6, 6.07) is 71.2. The van der Waals surface area contributed by atoms with E-state index in [-0.39, 0.29) is 6.17 Å². The third-order valence-electron chi connectivity index (χ3n) is 13.5. The van der Waals surface area contributed by atoms with Gasteiger partial charge in [0.15, 0.2) is 12.0 Å². The van der Waals surface area contributed by atoms with Crippen LogP contribution in [-0.4, -0.2) is 23.6 Å². The van der Waals surface area contributed by atoms with E-state index in [2.05, 4.69) is 194 Å². The number of furan rings is 2. The Bertz CT molecular complexity index is 4230. The van der Waals surface area contributed by atoms with Crippen molar-refractivity contribution in [2.45, 2.75) is 6.17 Å². The van der Waals surface area contributed by atoms with Gasteiger partial charge >= 0.3 is 0 Å². The average Bonchev–Trinajstić information content (AvgIpc) is 4.07. The van der Waals surface area contributed by atoms with Crippen LogP contribution in [0.3, 0.4) is 0 Å². The van der Waals surface area contributed by atoms with Crippen molar-refractivity contribution < 1.29 is 8.83 Å². The molecule has 0 aliphatic carbocycles. The Hall–Kier alpha value is -8.32. The zero-order valence-corrected chi connectivity index (χ0v) is 36.5. The fourth-order valence-corrected chi connectivity index (χ4v) is 11.7. The van der Waals surface area contributed by atoms with Crippen molar-refractivity contribution in [3.63, 3.8) is 0 Å². The maximum absolute atomic E-state index is 6.73. The number of para-hydroxylation sites is 1. The molecule has 13 aromatic rings. The van der Waals surface area contributed by atoms with Crippen molar-refractivity contribution in [1.29, 1.82) is 0 Å². The van der Waals surface area contributed by atoms with Crippen LogP contribution in [0.1, 0.15) is 22.9 Å². The van der Waals surface area contributed by atoms with Crippen LogP contribution >= 0.6 is 11.3 Å². The summed E-state index contributed by atoms with van der Waals surface area (Å²) in [5, 5.41) is 11.5. The highest BCUT2D eigenvalue weighted by atomic mass is 32.1. The van der Waals surface area contributed by atoms with Gasteiger partial charge in [0.1, 0.15) is 28.2 Å². The van der Waals surface area contributed by atoms with Gasteiger partial charge in [-0.1, -0.05) is 152 Å². The first-order chi connectivity index (χ1) is 32.6. The Labute approximate surface area is 382 Å². The molecule has 0 N–H and O–H groups in total. The number of amidine groups is 2. The maximum atomic E-state index is 6.73. The van der Waals surface area contributed by atoms with Crippen molar-refractivity contribution in [3.05, 3.63) is 217 Å². The highest BCUT2D eigenvalue weighted by Crippen LogP contribution is 2.45. The minimum atomic E-state index is -0.358. The molecule has 0 fully saturated rings. The standard InChI is InChI=1S/C60H37N3O2S/c1-63-59(61-58(38-28-27-35-13-2-3-14-36(35)33-38)62-60(63)49-22-10-21-45-43-17-7-9-26-54(43)66-57(45)49)46-32-31-42(40-15-4-5-16-41(40)46)44-20-12-25-52-56(44)48-30-29-37(34-53(48)65-52)39-19-11-24-51-55(39)47-18-6-8-23-50(47)64-51/h2-34,59H,1H3. The molecule has 1 atom stereocenters. The smallest absolute Gasteiger partial charge is 0.159 e. The molecule has 3 aromatic heterocycles. The normalized spacial score (nSPS) is 14.4. The van der Waals surface area contributed by atoms with Gasteiger partial charge in [0, 0.05) is 65.5 Å². The van der Waals surface area contributed by atoms with Crippen LogP contribution in [0.5, 0.6) is 0 Å². The zero-order chi connectivity index (χ0) is 43.5. The number of aliphatic imine (C=N–C) groups is 2. The van der Waals surface area contributed by atoms with Crippen molar-refractivity contribution in [1.82, 2.24) is 4.90 Å². The van der Waals surface area contributed by atoms with E-state index in [1.54, 1.807) is 0 Å². The molecule has 66 heavy (non-hydrogen) atoms. The topological polar surface area (TPSA) is 54.2 Å². The summed E-state index contributed by atoms with van der Waals surface area (Å²) in [5.41, 5.74) is 11.1. The molecule has 6 heteroatoms. The first-order valence-corrected chi connectivity index (χ1v) is 23.1. The van der Waals surface area contributed by atoms with Crippen LogP contribution in [-0.2, 0) is 0 Å². The molecule has 0 spiro atoms. The maximum Gasteiger partial charge on any atom is 0.159 e. The van der Waals surface area contributed by atoms with Crippen LogP contribution in [0.15, 0.2) is 219 Å². The molecule has 10 aromatic carbocycles. The third-order valence-corrected chi connectivity index (χ3v) is 14.8. The molecular weight excluding hydrogens is 827 g/mol. The van der Waals surface area contributed by atoms with Crippen LogP contribution < -0.4 is 0 Å². The number of fused-ring (bicyclic) bond motifs is 11. The summed E-state index contributed by atoms with van der Waals surface area (Å²) < 4.78 is 15.5. The number of benzene rings is 10. The summed E-state index contributed by atoms with van der Waals surface area (Å²) in [5.74, 6) is 1.62. The van der Waals surface area contributed by atoms with Crippen LogP contribution in [0.2, 0.25) is 0 Å². The van der Waals surface area contributed by atoms with Gasteiger partial charge in [-0.15, -0.1) is 11.3 Å². The van der Waals surface area contributed by atoms with Crippen LogP contribution in [0.4, 0.5) is 0 Å². The number of thiophene rings is 1. The summed E-state index contributed by atoms with van der Waals surface area (Å²) in [6.07, 6.45) is -0.358. The Balaban J connectivity index is 0.925. The second-order valence-corrected chi connectivity index (χ2v) is 18.3. The lowest BCUT2D eigenvalue weighted by Crippen LogP contribution is -2.35. The van der Waals surface area contributed by atoms with Crippen LogP contribution in [0.25, 0.3) is 108 Å². The molecule has 1 aliphatic heterocycles. The minimum Gasteiger partial charge on any atom is -0.456 e. The Morgan fingerprint density at radius 2 is 1.08 bits per heavy atom. The van der Waals surface area contributed by atoms with Gasteiger partial charge in [-0.05, 0) is 92.3 Å². The largest absolute Gasteiger partial charge is 0.456 e. The third kappa shape index (κ3) is 5.58. The number of hydrogen-bond donors (Lipinski definition) is 0. The number of hydrogen-bond acceptors (Lipinski definition) is 6. The van der Waals surface area contributed by atoms with E-state index in [1.807, 2.05) is 29.5 Å². The van der Waals surface area contributed by atoms with Gasteiger partial charge in [-0.25, -0.2) is 9.98 Å². The molecule has 0 radical (unpaired) electrons. The Morgan fingerprint density at radius 1 is 0.439 bits per heavy atom. The molecule has 0 saturated carbocycles. The van der Waals surface area contributed by atoms with E-state index in [0.717, 1.165) is 111 Å². The van der Waals surface area contributed by atoms with Gasteiger partial charge < -0.3 is 13.7 Å². The van der Waals surface area contributed by atoms with E-state index in [9.17, 15) is 0 Å². The van der Waals surface area contributed by atoms with E-state index < -0.39 is 0 Å². The van der Waals surface area contributed by atoms with Crippen molar-refractivity contribution in [2.75, 3.05) is 7.05 Å². The van der Waals surface area contributed by atoms with Gasteiger partial charge in [-0.2, -0.15) is 0 Å². The molecule has 0 saturated heterocycles. The highest BCUT2D eigenvalue weighted by molar-refractivity contribution is 7.26. The molecule has 0 amide bonds. The SMILES string of the molecule is CN1C(c2cccc3c2sc2ccccc23)=NC(c2ccc3ccccc3c2)=NC1c1ccc(-c2cccc3oc4cc(-c5cccc6oc7ccccc7c56)ccc4c23)c2ccccc12. The van der Waals surface area contributed by atoms with Gasteiger partial charge in [0.25, 0.3) is 0 Å². The number of rotatable bonds is 5. The predicted octanol–water partition coefficient (Wildman–Crippen LogP) is 16.3. The fourth-order valence-electron chi connectivity index (χ4n) is 10.5. The highest BCUT2D eigenvalue weighted by Gasteiger charge is 2.30. The lowest BCUT2D eigenvalue weighted by molar-refractivity contribution is 0.385. The lowest BCUT2D eigenvalue weighted by atomic mass is 9.91. The first-order valence-electron chi connectivity index (χ1n) is 22.3. The van der Waals surface area contributed by atoms with Crippen molar-refractivity contribution in [3.8, 4) is 22.3 Å². The van der Waals surface area contributed by atoms with E-state index >= 15 is 0 Å². The average molecular weight is 864 g/mol. The van der Waals surface area contributed by atoms with E-state index in [0.29, 0.717) is 0 Å². The second kappa shape index (κ2) is 14.3. The Kier molecular flexibility index (Phi) is 8.06. The monoisotopic (exact) mass is 863 g/mol. The van der Waals surface area contributed by atoms with Crippen LogP contribution in [0, 0.1) is 0 Å². The second-order valence-electron chi connectivity index (χ2n) is 17.2. The molecule has 1 aliphatic rings. The molecule has 0 bridgehead atoms. The summed E-state index contributed by atoms with van der Waals surface area (Å²) in [6.45, 7) is 0. The molecule has 310 valence electrons. The van der Waals surface area contributed by atoms with E-state index in [1.165, 1.54) is 25.6 Å². The first kappa shape index (κ1) is 37.1. The quantitative estimate of drug-likeness (QED) is 0.173. The van der Waals surface area contributed by atoms with Crippen molar-refractivity contribution >= 4 is 109 Å². The van der Waals surface area contributed by atoms with E-state index in [4.69, 9.17) is 18.8 Å². The molecule has 1 unspecified atom stereocenters. The lowest BCUT2D eigenvalue weighted by Gasteiger charge is -2.33. The molecule has 5 nitrogen and oxygen atoms in total. The minimum absolute atomic E-state index is 0.358. The zero-order valence-electron chi connectivity index (χ0n) is 35.7. The molecule has 14 rings (SSSR count). The summed E-state index contributed by atoms with van der Waals surface area (Å²) in [7, 11) is 2.14. The fraction of sp³-hybridized carbons (Fsp3) is 0.0333. The van der Waals surface area contributed by atoms with Gasteiger partial charge in [-0.3, -0.25) is 0 Å². The molecular formula is C60H37N3O2S. The summed E-state index contributed by atoms with van der Waals surface area (Å²) >= 11 is 1.83. The van der Waals surface area contributed by atoms with Gasteiger partial charge in [0.05, 0.1) is 0 Å². The Morgan fingerprint density at radius 3 is 1.95 bits per heavy atom. The van der Waals surface area contributed by atoms with Gasteiger partial charge in [0.2, 0.25) is 0 Å². The van der Waals surface area contributed by atoms with Crippen molar-refractivity contribution in [2.24, 2.45) is 9.98 Å². The predicted molar refractivity (Wildman–Crippen MR) is 276 cm³/mol. The molecule has 4 heterocycles. The number of nitrogens with zero attached hydrogens (tertiary/aromatic N) is 3. The summed E-state index contributed by atoms with van der Waals surface area (Å²) in [4.78, 5) is 13.3.